The van der Waals surface area contributed by atoms with Gasteiger partial charge in [0, 0.05) is 6.04 Å². The van der Waals surface area contributed by atoms with E-state index in [2.05, 4.69) is 5.32 Å². The van der Waals surface area contributed by atoms with Crippen molar-refractivity contribution in [3.8, 4) is 0 Å². The fourth-order valence-electron chi connectivity index (χ4n) is 4.69. The Morgan fingerprint density at radius 1 is 1.03 bits per heavy atom. The van der Waals surface area contributed by atoms with E-state index >= 15 is 0 Å². The van der Waals surface area contributed by atoms with Crippen LogP contribution in [0, 0.1) is 25.7 Å². The zero-order valence-electron chi connectivity index (χ0n) is 16.9. The average Bonchev–Trinajstić information content (AvgIpc) is 3.16. The molecule has 4 rings (SSSR count). The van der Waals surface area contributed by atoms with E-state index < -0.39 is 29.4 Å². The lowest BCUT2D eigenvalue weighted by Crippen LogP contribution is -2.54. The molecule has 6 heteroatoms. The van der Waals surface area contributed by atoms with Crippen LogP contribution in [0.2, 0.25) is 0 Å². The number of esters is 1. The Balaban J connectivity index is 1.84. The molecular formula is C23H24N2O4. The minimum atomic E-state index is -1.29. The first-order valence-electron chi connectivity index (χ1n) is 9.65. The third-order valence-corrected chi connectivity index (χ3v) is 6.21. The number of amides is 2. The van der Waals surface area contributed by atoms with Crippen LogP contribution >= 0.6 is 0 Å². The summed E-state index contributed by atoms with van der Waals surface area (Å²) in [5, 5.41) is 3.28. The van der Waals surface area contributed by atoms with E-state index in [9.17, 15) is 14.4 Å². The Labute approximate surface area is 169 Å². The molecule has 6 nitrogen and oxygen atoms in total. The zero-order chi connectivity index (χ0) is 20.9. The number of ether oxygens (including phenoxy) is 1. The van der Waals surface area contributed by atoms with Gasteiger partial charge >= 0.3 is 5.97 Å². The van der Waals surface area contributed by atoms with E-state index in [0.29, 0.717) is 5.69 Å². The van der Waals surface area contributed by atoms with Gasteiger partial charge in [0.25, 0.3) is 0 Å². The number of fused-ring (bicyclic) bond motifs is 1. The molecule has 0 aromatic heterocycles. The Morgan fingerprint density at radius 2 is 1.69 bits per heavy atom. The molecule has 2 aliphatic heterocycles. The molecule has 0 saturated carbocycles. The van der Waals surface area contributed by atoms with Crippen molar-refractivity contribution in [1.82, 2.24) is 5.32 Å². The Morgan fingerprint density at radius 3 is 2.31 bits per heavy atom. The van der Waals surface area contributed by atoms with Gasteiger partial charge in [0.05, 0.1) is 24.6 Å². The molecule has 2 aliphatic rings. The summed E-state index contributed by atoms with van der Waals surface area (Å²) >= 11 is 0. The summed E-state index contributed by atoms with van der Waals surface area (Å²) in [4.78, 5) is 40.9. The van der Waals surface area contributed by atoms with Crippen LogP contribution in [-0.4, -0.2) is 30.4 Å². The van der Waals surface area contributed by atoms with Crippen molar-refractivity contribution in [2.45, 2.75) is 32.4 Å². The molecule has 29 heavy (non-hydrogen) atoms. The predicted octanol–water partition coefficient (Wildman–Crippen LogP) is 2.69. The lowest BCUT2D eigenvalue weighted by molar-refractivity contribution is -0.151. The number of hydrogen-bond donors (Lipinski definition) is 1. The van der Waals surface area contributed by atoms with E-state index in [-0.39, 0.29) is 11.8 Å². The van der Waals surface area contributed by atoms with E-state index in [1.165, 1.54) is 12.0 Å². The van der Waals surface area contributed by atoms with Crippen molar-refractivity contribution in [2.75, 3.05) is 12.0 Å². The minimum absolute atomic E-state index is 0.294. The summed E-state index contributed by atoms with van der Waals surface area (Å²) in [6.07, 6.45) is 0. The molecule has 2 aromatic carbocycles. The van der Waals surface area contributed by atoms with Gasteiger partial charge in [-0.25, -0.2) is 4.90 Å². The van der Waals surface area contributed by atoms with E-state index in [4.69, 9.17) is 4.74 Å². The van der Waals surface area contributed by atoms with Crippen molar-refractivity contribution in [3.63, 3.8) is 0 Å². The molecule has 2 saturated heterocycles. The predicted molar refractivity (Wildman–Crippen MR) is 108 cm³/mol. The van der Waals surface area contributed by atoms with Gasteiger partial charge in [-0.05, 0) is 44.0 Å². The molecule has 2 aromatic rings. The van der Waals surface area contributed by atoms with Crippen LogP contribution in [0.4, 0.5) is 5.69 Å². The van der Waals surface area contributed by atoms with Gasteiger partial charge in [0.1, 0.15) is 5.54 Å². The third kappa shape index (κ3) is 2.78. The number of carbonyl (C=O) groups excluding carboxylic acids is 3. The van der Waals surface area contributed by atoms with Crippen LogP contribution < -0.4 is 10.2 Å². The van der Waals surface area contributed by atoms with Crippen LogP contribution in [0.3, 0.4) is 0 Å². The van der Waals surface area contributed by atoms with Gasteiger partial charge in [-0.3, -0.25) is 19.7 Å². The molecule has 0 aliphatic carbocycles. The first-order chi connectivity index (χ1) is 13.8. The van der Waals surface area contributed by atoms with Gasteiger partial charge in [-0.15, -0.1) is 0 Å². The van der Waals surface area contributed by atoms with Crippen molar-refractivity contribution in [1.29, 1.82) is 0 Å². The second-order valence-corrected chi connectivity index (χ2v) is 8.02. The third-order valence-electron chi connectivity index (χ3n) is 6.21. The number of carbonyl (C=O) groups is 3. The summed E-state index contributed by atoms with van der Waals surface area (Å²) in [5.74, 6) is -2.74. The maximum atomic E-state index is 13.5. The number of rotatable bonds is 3. The highest BCUT2D eigenvalue weighted by molar-refractivity contribution is 6.24. The molecule has 0 spiro atoms. The number of aryl methyl sites for hydroxylation is 2. The van der Waals surface area contributed by atoms with Crippen molar-refractivity contribution < 1.29 is 19.1 Å². The molecule has 2 heterocycles. The molecular weight excluding hydrogens is 368 g/mol. The number of imide groups is 1. The number of anilines is 1. The molecule has 2 amide bonds. The standard InChI is InChI=1S/C23H24N2O4/c1-13-9-11-15(12-10-13)25-20(26)17-18(21(25)27)23(3,22(28)29-4)24-19(17)16-8-6-5-7-14(16)2/h5-12,17-19,24H,1-4H3/t17-,18+,19+,23+/m0/s1. The van der Waals surface area contributed by atoms with Crippen molar-refractivity contribution in [2.24, 2.45) is 11.8 Å². The van der Waals surface area contributed by atoms with Gasteiger partial charge in [0.15, 0.2) is 0 Å². The monoisotopic (exact) mass is 392 g/mol. The molecule has 0 bridgehead atoms. The highest BCUT2D eigenvalue weighted by atomic mass is 16.5. The highest BCUT2D eigenvalue weighted by Gasteiger charge is 2.67. The Bertz CT molecular complexity index is 1000. The molecule has 4 atom stereocenters. The average molecular weight is 392 g/mol. The smallest absolute Gasteiger partial charge is 0.326 e. The maximum Gasteiger partial charge on any atom is 0.326 e. The Kier molecular flexibility index (Phi) is 4.54. The molecule has 1 N–H and O–H groups in total. The minimum Gasteiger partial charge on any atom is -0.468 e. The number of nitrogens with one attached hydrogen (secondary N) is 1. The van der Waals surface area contributed by atoms with Crippen LogP contribution in [-0.2, 0) is 19.1 Å². The number of methoxy groups -OCH3 is 1. The van der Waals surface area contributed by atoms with E-state index in [1.807, 2.05) is 50.2 Å². The van der Waals surface area contributed by atoms with Gasteiger partial charge in [0.2, 0.25) is 11.8 Å². The quantitative estimate of drug-likeness (QED) is 0.642. The van der Waals surface area contributed by atoms with Gasteiger partial charge in [-0.1, -0.05) is 42.0 Å². The lowest BCUT2D eigenvalue weighted by atomic mass is 9.80. The fourth-order valence-corrected chi connectivity index (χ4v) is 4.69. The molecule has 150 valence electrons. The summed E-state index contributed by atoms with van der Waals surface area (Å²) < 4.78 is 5.02. The lowest BCUT2D eigenvalue weighted by Gasteiger charge is -2.29. The van der Waals surface area contributed by atoms with Crippen LogP contribution in [0.5, 0.6) is 0 Å². The van der Waals surface area contributed by atoms with Crippen molar-refractivity contribution in [3.05, 3.63) is 65.2 Å². The largest absolute Gasteiger partial charge is 0.468 e. The van der Waals surface area contributed by atoms with Gasteiger partial charge < -0.3 is 4.74 Å². The highest BCUT2D eigenvalue weighted by Crippen LogP contribution is 2.50. The normalized spacial score (nSPS) is 28.6. The molecule has 2 fully saturated rings. The SMILES string of the molecule is COC(=O)[C@]1(C)N[C@H](c2ccccc2C)[C@H]2C(=O)N(c3ccc(C)cc3)C(=O)[C@@H]21. The maximum absolute atomic E-state index is 13.5. The zero-order valence-corrected chi connectivity index (χ0v) is 16.9. The van der Waals surface area contributed by atoms with Crippen LogP contribution in [0.25, 0.3) is 0 Å². The summed E-state index contributed by atoms with van der Waals surface area (Å²) in [6.45, 7) is 5.55. The van der Waals surface area contributed by atoms with E-state index in [1.54, 1.807) is 19.1 Å². The first-order valence-corrected chi connectivity index (χ1v) is 9.65. The first kappa shape index (κ1) is 19.3. The van der Waals surface area contributed by atoms with Gasteiger partial charge in [-0.2, -0.15) is 0 Å². The van der Waals surface area contributed by atoms with E-state index in [0.717, 1.165) is 16.7 Å². The van der Waals surface area contributed by atoms with Crippen LogP contribution in [0.15, 0.2) is 48.5 Å². The van der Waals surface area contributed by atoms with Crippen molar-refractivity contribution >= 4 is 23.5 Å². The molecule has 0 unspecified atom stereocenters. The summed E-state index contributed by atoms with van der Waals surface area (Å²) in [5.41, 5.74) is 2.16. The molecule has 0 radical (unpaired) electrons. The second kappa shape index (κ2) is 6.81. The van der Waals surface area contributed by atoms with Crippen LogP contribution in [0.1, 0.15) is 29.7 Å². The summed E-state index contributed by atoms with van der Waals surface area (Å²) in [7, 11) is 1.30. The number of hydrogen-bond acceptors (Lipinski definition) is 5. The summed E-state index contributed by atoms with van der Waals surface area (Å²) in [6, 6.07) is 14.5. The number of nitrogens with zero attached hydrogens (tertiary/aromatic N) is 1. The number of benzene rings is 2. The topological polar surface area (TPSA) is 75.7 Å². The fraction of sp³-hybridized carbons (Fsp3) is 0.348. The second-order valence-electron chi connectivity index (χ2n) is 8.02. The Hall–Kier alpha value is -2.99.